The van der Waals surface area contributed by atoms with E-state index in [1.54, 1.807) is 6.07 Å². The van der Waals surface area contributed by atoms with Crippen molar-refractivity contribution in [3.63, 3.8) is 0 Å². The van der Waals surface area contributed by atoms with E-state index >= 15 is 0 Å². The lowest BCUT2D eigenvalue weighted by Crippen LogP contribution is -2.22. The second-order valence-electron chi connectivity index (χ2n) is 3.39. The van der Waals surface area contributed by atoms with Crippen LogP contribution in [0.2, 0.25) is 0 Å². The highest BCUT2D eigenvalue weighted by atomic mass is 16.4. The third kappa shape index (κ3) is 3.14. The largest absolute Gasteiger partial charge is 0.477 e. The van der Waals surface area contributed by atoms with Gasteiger partial charge >= 0.3 is 5.97 Å². The van der Waals surface area contributed by atoms with Gasteiger partial charge in [-0.2, -0.15) is 0 Å². The molecule has 4 nitrogen and oxygen atoms in total. The van der Waals surface area contributed by atoms with E-state index < -0.39 is 5.97 Å². The van der Waals surface area contributed by atoms with Crippen molar-refractivity contribution in [2.75, 3.05) is 0 Å². The van der Waals surface area contributed by atoms with Gasteiger partial charge in [-0.3, -0.25) is 0 Å². The third-order valence-electron chi connectivity index (χ3n) is 1.76. The first-order valence-corrected chi connectivity index (χ1v) is 4.51. The van der Waals surface area contributed by atoms with Crippen molar-refractivity contribution in [2.45, 2.75) is 26.4 Å². The van der Waals surface area contributed by atoms with Crippen LogP contribution in [-0.4, -0.2) is 22.1 Å². The molecule has 1 heterocycles. The lowest BCUT2D eigenvalue weighted by atomic mass is 10.2. The minimum Gasteiger partial charge on any atom is -0.477 e. The molecule has 0 spiro atoms. The molecule has 0 atom stereocenters. The summed E-state index contributed by atoms with van der Waals surface area (Å²) in [5.74, 6) is -0.989. The molecule has 14 heavy (non-hydrogen) atoms. The number of pyridine rings is 1. The monoisotopic (exact) mass is 194 g/mol. The van der Waals surface area contributed by atoms with Crippen LogP contribution in [0, 0.1) is 0 Å². The van der Waals surface area contributed by atoms with Crippen molar-refractivity contribution in [1.82, 2.24) is 10.3 Å². The number of aromatic carboxylic acids is 1. The van der Waals surface area contributed by atoms with Crippen LogP contribution < -0.4 is 5.32 Å². The van der Waals surface area contributed by atoms with Crippen LogP contribution >= 0.6 is 0 Å². The summed E-state index contributed by atoms with van der Waals surface area (Å²) >= 11 is 0. The Morgan fingerprint density at radius 1 is 1.64 bits per heavy atom. The molecule has 0 aliphatic heterocycles. The maximum absolute atomic E-state index is 10.6. The molecule has 0 aliphatic carbocycles. The number of carboxylic acids is 1. The topological polar surface area (TPSA) is 62.2 Å². The zero-order valence-corrected chi connectivity index (χ0v) is 8.32. The van der Waals surface area contributed by atoms with Gasteiger partial charge in [-0.15, -0.1) is 0 Å². The fourth-order valence-corrected chi connectivity index (χ4v) is 1.02. The molecule has 0 radical (unpaired) electrons. The summed E-state index contributed by atoms with van der Waals surface area (Å²) in [4.78, 5) is 14.3. The van der Waals surface area contributed by atoms with Gasteiger partial charge in [-0.25, -0.2) is 9.78 Å². The SMILES string of the molecule is CC(C)NCc1ccnc(C(=O)O)c1. The molecule has 4 heteroatoms. The maximum atomic E-state index is 10.6. The van der Waals surface area contributed by atoms with Crippen molar-refractivity contribution in [3.05, 3.63) is 29.6 Å². The van der Waals surface area contributed by atoms with Crippen LogP contribution in [0.5, 0.6) is 0 Å². The molecule has 0 aromatic carbocycles. The van der Waals surface area contributed by atoms with Crippen LogP contribution in [-0.2, 0) is 6.54 Å². The molecule has 0 aliphatic rings. The van der Waals surface area contributed by atoms with E-state index in [2.05, 4.69) is 10.3 Å². The summed E-state index contributed by atoms with van der Waals surface area (Å²) in [6.07, 6.45) is 1.51. The Hall–Kier alpha value is -1.42. The minimum atomic E-state index is -0.989. The van der Waals surface area contributed by atoms with Gasteiger partial charge in [0.2, 0.25) is 0 Å². The quantitative estimate of drug-likeness (QED) is 0.757. The highest BCUT2D eigenvalue weighted by Gasteiger charge is 2.04. The van der Waals surface area contributed by atoms with Gasteiger partial charge in [-0.1, -0.05) is 13.8 Å². The van der Waals surface area contributed by atoms with Crippen LogP contribution in [0.15, 0.2) is 18.3 Å². The molecule has 0 amide bonds. The molecular formula is C10H14N2O2. The predicted octanol–water partition coefficient (Wildman–Crippen LogP) is 1.28. The van der Waals surface area contributed by atoms with Crippen molar-refractivity contribution in [2.24, 2.45) is 0 Å². The van der Waals surface area contributed by atoms with Crippen molar-refractivity contribution >= 4 is 5.97 Å². The molecule has 0 saturated carbocycles. The number of hydrogen-bond donors (Lipinski definition) is 2. The first-order chi connectivity index (χ1) is 6.59. The number of nitrogens with one attached hydrogen (secondary N) is 1. The summed E-state index contributed by atoms with van der Waals surface area (Å²) in [5, 5.41) is 11.9. The van der Waals surface area contributed by atoms with Crippen LogP contribution in [0.1, 0.15) is 29.9 Å². The van der Waals surface area contributed by atoms with Gasteiger partial charge in [0, 0.05) is 18.8 Å². The van der Waals surface area contributed by atoms with Gasteiger partial charge < -0.3 is 10.4 Å². The van der Waals surface area contributed by atoms with Gasteiger partial charge in [0.15, 0.2) is 0 Å². The number of rotatable bonds is 4. The summed E-state index contributed by atoms with van der Waals surface area (Å²) in [6.45, 7) is 4.75. The Labute approximate surface area is 83.0 Å². The maximum Gasteiger partial charge on any atom is 0.354 e. The zero-order chi connectivity index (χ0) is 10.6. The molecule has 0 saturated heterocycles. The van der Waals surface area contributed by atoms with Gasteiger partial charge in [0.25, 0.3) is 0 Å². The fourth-order valence-electron chi connectivity index (χ4n) is 1.02. The standard InChI is InChI=1S/C10H14N2O2/c1-7(2)12-6-8-3-4-11-9(5-8)10(13)14/h3-5,7,12H,6H2,1-2H3,(H,13,14). The number of aromatic nitrogens is 1. The van der Waals surface area contributed by atoms with Gasteiger partial charge in [-0.05, 0) is 17.7 Å². The molecule has 0 fully saturated rings. The van der Waals surface area contributed by atoms with E-state index in [1.165, 1.54) is 6.20 Å². The highest BCUT2D eigenvalue weighted by molar-refractivity contribution is 5.85. The first kappa shape index (κ1) is 10.7. The molecule has 1 aromatic rings. The van der Waals surface area contributed by atoms with E-state index in [9.17, 15) is 4.79 Å². The zero-order valence-electron chi connectivity index (χ0n) is 8.32. The first-order valence-electron chi connectivity index (χ1n) is 4.51. The van der Waals surface area contributed by atoms with Crippen LogP contribution in [0.25, 0.3) is 0 Å². The Balaban J connectivity index is 2.69. The summed E-state index contributed by atoms with van der Waals surface area (Å²) in [6, 6.07) is 3.77. The highest BCUT2D eigenvalue weighted by Crippen LogP contribution is 2.01. The molecule has 1 aromatic heterocycles. The Morgan fingerprint density at radius 2 is 2.36 bits per heavy atom. The van der Waals surface area contributed by atoms with Crippen molar-refractivity contribution in [3.8, 4) is 0 Å². The Bertz CT molecular complexity index is 324. The van der Waals surface area contributed by atoms with E-state index in [-0.39, 0.29) is 5.69 Å². The second-order valence-corrected chi connectivity index (χ2v) is 3.39. The Morgan fingerprint density at radius 3 is 2.93 bits per heavy atom. The van der Waals surface area contributed by atoms with E-state index in [4.69, 9.17) is 5.11 Å². The average Bonchev–Trinajstić information content (AvgIpc) is 2.15. The normalized spacial score (nSPS) is 10.5. The lowest BCUT2D eigenvalue weighted by Gasteiger charge is -2.07. The van der Waals surface area contributed by atoms with Crippen LogP contribution in [0.4, 0.5) is 0 Å². The van der Waals surface area contributed by atoms with Gasteiger partial charge in [0.05, 0.1) is 0 Å². The molecule has 0 bridgehead atoms. The van der Waals surface area contributed by atoms with Crippen molar-refractivity contribution in [1.29, 1.82) is 0 Å². The molecule has 76 valence electrons. The lowest BCUT2D eigenvalue weighted by molar-refractivity contribution is 0.0690. The minimum absolute atomic E-state index is 0.0908. The van der Waals surface area contributed by atoms with Gasteiger partial charge in [0.1, 0.15) is 5.69 Å². The summed E-state index contributed by atoms with van der Waals surface area (Å²) in [7, 11) is 0. The van der Waals surface area contributed by atoms with E-state index in [1.807, 2.05) is 19.9 Å². The number of carboxylic acid groups (broad SMARTS) is 1. The smallest absolute Gasteiger partial charge is 0.354 e. The number of nitrogens with zero attached hydrogens (tertiary/aromatic N) is 1. The fraction of sp³-hybridized carbons (Fsp3) is 0.400. The molecule has 0 unspecified atom stereocenters. The van der Waals surface area contributed by atoms with E-state index in [0.717, 1.165) is 5.56 Å². The molecule has 1 rings (SSSR count). The summed E-state index contributed by atoms with van der Waals surface area (Å²) < 4.78 is 0. The second kappa shape index (κ2) is 4.72. The van der Waals surface area contributed by atoms with Crippen LogP contribution in [0.3, 0.4) is 0 Å². The average molecular weight is 194 g/mol. The number of carbonyl (C=O) groups is 1. The van der Waals surface area contributed by atoms with E-state index in [0.29, 0.717) is 12.6 Å². The third-order valence-corrected chi connectivity index (χ3v) is 1.76. The Kier molecular flexibility index (Phi) is 3.59. The van der Waals surface area contributed by atoms with Crippen molar-refractivity contribution < 1.29 is 9.90 Å². The number of hydrogen-bond acceptors (Lipinski definition) is 3. The predicted molar refractivity (Wildman–Crippen MR) is 53.2 cm³/mol. The molecule has 2 N–H and O–H groups in total. The summed E-state index contributed by atoms with van der Waals surface area (Å²) in [5.41, 5.74) is 1.03. The molecular weight excluding hydrogens is 180 g/mol.